The lowest BCUT2D eigenvalue weighted by Crippen LogP contribution is -2.38. The number of halogens is 1. The van der Waals surface area contributed by atoms with E-state index < -0.39 is 0 Å². The fourth-order valence-electron chi connectivity index (χ4n) is 3.33. The molecular weight excluding hydrogens is 340 g/mol. The van der Waals surface area contributed by atoms with E-state index in [1.165, 1.54) is 0 Å². The molecule has 1 aromatic carbocycles. The molecule has 0 aromatic heterocycles. The third kappa shape index (κ3) is 4.59. The van der Waals surface area contributed by atoms with Gasteiger partial charge in [-0.2, -0.15) is 0 Å². The smallest absolute Gasteiger partial charge is 0.254 e. The quantitative estimate of drug-likeness (QED) is 0.701. The molecule has 0 aliphatic carbocycles. The minimum absolute atomic E-state index is 0.00287. The molecule has 0 N–H and O–H groups in total. The van der Waals surface area contributed by atoms with Crippen LogP contribution in [0.5, 0.6) is 11.5 Å². The molecule has 2 rings (SSSR count). The summed E-state index contributed by atoms with van der Waals surface area (Å²) >= 11 is 6.34. The number of likely N-dealkylation sites (tertiary alicyclic amines) is 1. The summed E-state index contributed by atoms with van der Waals surface area (Å²) in [7, 11) is 1.56. The van der Waals surface area contributed by atoms with E-state index in [2.05, 4.69) is 18.7 Å². The second-order valence-corrected chi connectivity index (χ2v) is 6.66. The van der Waals surface area contributed by atoms with E-state index in [1.807, 2.05) is 11.8 Å². The first-order valence-corrected chi connectivity index (χ1v) is 9.47. The normalized spacial score (nSPS) is 17.2. The van der Waals surface area contributed by atoms with Gasteiger partial charge >= 0.3 is 0 Å². The Balaban J connectivity index is 2.16. The van der Waals surface area contributed by atoms with Crippen molar-refractivity contribution in [3.63, 3.8) is 0 Å². The maximum Gasteiger partial charge on any atom is 0.254 e. The van der Waals surface area contributed by atoms with Crippen molar-refractivity contribution >= 4 is 17.5 Å². The number of amides is 1. The summed E-state index contributed by atoms with van der Waals surface area (Å²) in [6, 6.07) is 3.84. The summed E-state index contributed by atoms with van der Waals surface area (Å²) in [6.07, 6.45) is 1.89. The second kappa shape index (κ2) is 9.30. The van der Waals surface area contributed by atoms with Crippen LogP contribution in [-0.4, -0.2) is 61.6 Å². The van der Waals surface area contributed by atoms with E-state index in [-0.39, 0.29) is 5.91 Å². The molecule has 1 aromatic rings. The highest BCUT2D eigenvalue weighted by molar-refractivity contribution is 6.32. The van der Waals surface area contributed by atoms with E-state index in [0.29, 0.717) is 34.7 Å². The predicted molar refractivity (Wildman–Crippen MR) is 101 cm³/mol. The molecule has 1 heterocycles. The number of carbonyl (C=O) groups is 1. The zero-order valence-electron chi connectivity index (χ0n) is 15.7. The Morgan fingerprint density at radius 1 is 1.32 bits per heavy atom. The van der Waals surface area contributed by atoms with Gasteiger partial charge in [-0.15, -0.1) is 0 Å². The average molecular weight is 369 g/mol. The molecule has 6 heteroatoms. The van der Waals surface area contributed by atoms with Crippen LogP contribution in [0.25, 0.3) is 0 Å². The van der Waals surface area contributed by atoms with Crippen molar-refractivity contribution in [2.24, 2.45) is 0 Å². The van der Waals surface area contributed by atoms with Crippen LogP contribution in [0.1, 0.15) is 44.0 Å². The lowest BCUT2D eigenvalue weighted by atomic mass is 10.1. The van der Waals surface area contributed by atoms with Gasteiger partial charge in [0.05, 0.1) is 18.7 Å². The van der Waals surface area contributed by atoms with Crippen LogP contribution in [-0.2, 0) is 0 Å². The van der Waals surface area contributed by atoms with Crippen molar-refractivity contribution in [3.05, 3.63) is 22.7 Å². The van der Waals surface area contributed by atoms with Crippen molar-refractivity contribution in [3.8, 4) is 11.5 Å². The van der Waals surface area contributed by atoms with Crippen LogP contribution < -0.4 is 9.47 Å². The predicted octanol–water partition coefficient (Wildman–Crippen LogP) is 3.69. The molecule has 0 saturated carbocycles. The van der Waals surface area contributed by atoms with E-state index >= 15 is 0 Å². The molecule has 5 nitrogen and oxygen atoms in total. The highest BCUT2D eigenvalue weighted by Gasteiger charge is 2.30. The van der Waals surface area contributed by atoms with Gasteiger partial charge < -0.3 is 14.4 Å². The Kier molecular flexibility index (Phi) is 7.38. The second-order valence-electron chi connectivity index (χ2n) is 6.25. The molecule has 0 spiro atoms. The van der Waals surface area contributed by atoms with Gasteiger partial charge in [0.25, 0.3) is 5.91 Å². The summed E-state index contributed by atoms with van der Waals surface area (Å²) in [5.74, 6) is 1.01. The average Bonchev–Trinajstić information content (AvgIpc) is 3.10. The summed E-state index contributed by atoms with van der Waals surface area (Å²) in [5.41, 5.74) is 0.547. The highest BCUT2D eigenvalue weighted by atomic mass is 35.5. The Morgan fingerprint density at radius 3 is 2.64 bits per heavy atom. The summed E-state index contributed by atoms with van der Waals surface area (Å²) < 4.78 is 11.0. The number of ether oxygens (including phenoxy) is 2. The largest absolute Gasteiger partial charge is 0.493 e. The van der Waals surface area contributed by atoms with Gasteiger partial charge in [0, 0.05) is 24.7 Å². The zero-order valence-corrected chi connectivity index (χ0v) is 16.4. The molecule has 1 atom stereocenters. The number of rotatable bonds is 8. The number of hydrogen-bond donors (Lipinski definition) is 0. The summed E-state index contributed by atoms with van der Waals surface area (Å²) in [6.45, 7) is 10.4. The van der Waals surface area contributed by atoms with Crippen molar-refractivity contribution in [1.29, 1.82) is 0 Å². The van der Waals surface area contributed by atoms with E-state index in [0.717, 1.165) is 39.0 Å². The Morgan fingerprint density at radius 2 is 2.04 bits per heavy atom. The van der Waals surface area contributed by atoms with Crippen LogP contribution in [0.15, 0.2) is 12.1 Å². The SMILES string of the molecule is CCCOc1c(Cl)cc(C(=O)N2CCC(N(CC)CC)C2)cc1OC. The molecule has 1 amide bonds. The lowest BCUT2D eigenvalue weighted by Gasteiger charge is -2.26. The molecule has 140 valence electrons. The summed E-state index contributed by atoms with van der Waals surface area (Å²) in [5, 5.41) is 0.413. The molecule has 1 saturated heterocycles. The van der Waals surface area contributed by atoms with Crippen LogP contribution >= 0.6 is 11.6 Å². The van der Waals surface area contributed by atoms with Gasteiger partial charge in [-0.25, -0.2) is 0 Å². The maximum absolute atomic E-state index is 12.9. The third-order valence-electron chi connectivity index (χ3n) is 4.71. The first-order chi connectivity index (χ1) is 12.0. The van der Waals surface area contributed by atoms with Crippen molar-refractivity contribution in [2.45, 2.75) is 39.7 Å². The molecule has 0 radical (unpaired) electrons. The van der Waals surface area contributed by atoms with Crippen molar-refractivity contribution in [2.75, 3.05) is 39.9 Å². The van der Waals surface area contributed by atoms with Crippen LogP contribution in [0.2, 0.25) is 5.02 Å². The number of likely N-dealkylation sites (N-methyl/N-ethyl adjacent to an activating group) is 1. The number of carbonyl (C=O) groups excluding carboxylic acids is 1. The Bertz CT molecular complexity index is 590. The van der Waals surface area contributed by atoms with Crippen molar-refractivity contribution in [1.82, 2.24) is 9.80 Å². The molecule has 0 bridgehead atoms. The number of nitrogens with zero attached hydrogens (tertiary/aromatic N) is 2. The fourth-order valence-corrected chi connectivity index (χ4v) is 3.60. The minimum atomic E-state index is -0.00287. The Hall–Kier alpha value is -1.46. The van der Waals surface area contributed by atoms with E-state index in [9.17, 15) is 4.79 Å². The molecule has 1 aliphatic heterocycles. The van der Waals surface area contributed by atoms with Gasteiger partial charge in [0.1, 0.15) is 0 Å². The highest BCUT2D eigenvalue weighted by Crippen LogP contribution is 2.37. The van der Waals surface area contributed by atoms with Crippen LogP contribution in [0.3, 0.4) is 0 Å². The molecule has 1 fully saturated rings. The van der Waals surface area contributed by atoms with Crippen molar-refractivity contribution < 1.29 is 14.3 Å². The van der Waals surface area contributed by atoms with E-state index in [1.54, 1.807) is 19.2 Å². The number of methoxy groups -OCH3 is 1. The summed E-state index contributed by atoms with van der Waals surface area (Å²) in [4.78, 5) is 17.2. The zero-order chi connectivity index (χ0) is 18.4. The number of hydrogen-bond acceptors (Lipinski definition) is 4. The molecular formula is C19H29ClN2O3. The molecule has 25 heavy (non-hydrogen) atoms. The van der Waals surface area contributed by atoms with Gasteiger partial charge in [0.15, 0.2) is 11.5 Å². The topological polar surface area (TPSA) is 42.0 Å². The standard InChI is InChI=1S/C19H29ClN2O3/c1-5-10-25-18-16(20)11-14(12-17(18)24-4)19(23)22-9-8-15(13-22)21(6-2)7-3/h11-12,15H,5-10,13H2,1-4H3. The first kappa shape index (κ1) is 19.9. The molecule has 1 aliphatic rings. The van der Waals surface area contributed by atoms with Gasteiger partial charge in [0.2, 0.25) is 0 Å². The monoisotopic (exact) mass is 368 g/mol. The number of benzene rings is 1. The Labute approximate surface area is 155 Å². The maximum atomic E-state index is 12.9. The van der Waals surface area contributed by atoms with E-state index in [4.69, 9.17) is 21.1 Å². The van der Waals surface area contributed by atoms with Gasteiger partial charge in [-0.1, -0.05) is 32.4 Å². The lowest BCUT2D eigenvalue weighted by molar-refractivity contribution is 0.0777. The fraction of sp³-hybridized carbons (Fsp3) is 0.632. The van der Waals surface area contributed by atoms with Crippen LogP contribution in [0, 0.1) is 0 Å². The minimum Gasteiger partial charge on any atom is -0.493 e. The molecule has 1 unspecified atom stereocenters. The third-order valence-corrected chi connectivity index (χ3v) is 4.99. The first-order valence-electron chi connectivity index (χ1n) is 9.09. The van der Waals surface area contributed by atoms with Crippen LogP contribution in [0.4, 0.5) is 0 Å². The van der Waals surface area contributed by atoms with Gasteiger partial charge in [-0.05, 0) is 38.1 Å². The van der Waals surface area contributed by atoms with Gasteiger partial charge in [-0.3, -0.25) is 9.69 Å².